The molecule has 0 spiro atoms. The minimum atomic E-state index is 0.675. The Kier molecular flexibility index (Phi) is 9.63. The van der Waals surface area contributed by atoms with Crippen molar-refractivity contribution in [3.8, 4) is 84.1 Å². The molecule has 0 aliphatic rings. The van der Waals surface area contributed by atoms with Crippen LogP contribution in [0.25, 0.3) is 106 Å². The van der Waals surface area contributed by atoms with E-state index < -0.39 is 0 Å². The van der Waals surface area contributed by atoms with E-state index in [0.717, 1.165) is 67.1 Å². The highest BCUT2D eigenvalue weighted by molar-refractivity contribution is 6.11. The molecule has 2 heterocycles. The van der Waals surface area contributed by atoms with Crippen molar-refractivity contribution in [1.82, 2.24) is 14.5 Å². The third-order valence-electron chi connectivity index (χ3n) is 12.1. The largest absolute Gasteiger partial charge is 0.308 e. The number of aromatic nitrogens is 3. The number of hydrogen-bond donors (Lipinski definition) is 0. The van der Waals surface area contributed by atoms with E-state index in [1.165, 1.54) is 44.1 Å². The summed E-state index contributed by atoms with van der Waals surface area (Å²) in [5, 5.41) is 2.50. The highest BCUT2D eigenvalue weighted by atomic mass is 15.0. The maximum atomic E-state index is 5.43. The number of fused-ring (bicyclic) bond motifs is 3. The maximum absolute atomic E-state index is 5.43. The molecular formula is C60H43N3. The number of rotatable bonds is 8. The number of nitrogens with zero attached hydrogens (tertiary/aromatic N) is 3. The lowest BCUT2D eigenvalue weighted by molar-refractivity contribution is 1.17. The fourth-order valence-electron chi connectivity index (χ4n) is 8.97. The van der Waals surface area contributed by atoms with Gasteiger partial charge >= 0.3 is 0 Å². The summed E-state index contributed by atoms with van der Waals surface area (Å²) in [6.07, 6.45) is 0. The standard InChI is InChI=1S/C60H43N3/c1-40-23-33-57-53(35-40)54-36-41(2)24-34-58(54)63(57)59-51(46-19-11-5-12-20-46)37-50(38-52(59)47-21-13-6-14-22-47)56-39-55(48-29-25-44(26-30-48)42-15-7-3-8-16-42)61-60(62-56)49-31-27-45(28-32-49)43-17-9-4-10-18-43/h3-39H,1-2H3. The van der Waals surface area contributed by atoms with Gasteiger partial charge in [0.1, 0.15) is 0 Å². The molecule has 0 bridgehead atoms. The van der Waals surface area contributed by atoms with E-state index in [2.05, 4.69) is 243 Å². The van der Waals surface area contributed by atoms with Gasteiger partial charge in [-0.15, -0.1) is 0 Å². The normalized spacial score (nSPS) is 11.3. The lowest BCUT2D eigenvalue weighted by Gasteiger charge is -2.21. The Labute approximate surface area is 368 Å². The van der Waals surface area contributed by atoms with Crippen LogP contribution >= 0.6 is 0 Å². The zero-order valence-corrected chi connectivity index (χ0v) is 35.2. The molecule has 0 fully saturated rings. The molecular weight excluding hydrogens is 763 g/mol. The van der Waals surface area contributed by atoms with Crippen LogP contribution in [0.2, 0.25) is 0 Å². The molecule has 0 aliphatic carbocycles. The van der Waals surface area contributed by atoms with Gasteiger partial charge in [-0.2, -0.15) is 0 Å². The summed E-state index contributed by atoms with van der Waals surface area (Å²) < 4.78 is 2.48. The summed E-state index contributed by atoms with van der Waals surface area (Å²) in [6, 6.07) is 80.4. The van der Waals surface area contributed by atoms with Gasteiger partial charge < -0.3 is 4.57 Å². The first-order valence-corrected chi connectivity index (χ1v) is 21.6. The van der Waals surface area contributed by atoms with Crippen molar-refractivity contribution in [3.63, 3.8) is 0 Å². The first kappa shape index (κ1) is 37.8. The van der Waals surface area contributed by atoms with Crippen LogP contribution in [0.3, 0.4) is 0 Å². The summed E-state index contributed by atoms with van der Waals surface area (Å²) in [7, 11) is 0. The van der Waals surface area contributed by atoms with E-state index >= 15 is 0 Å². The Balaban J connectivity index is 1.17. The minimum absolute atomic E-state index is 0.675. The second kappa shape index (κ2) is 16.0. The molecule has 11 aromatic rings. The second-order valence-corrected chi connectivity index (χ2v) is 16.4. The third kappa shape index (κ3) is 7.20. The van der Waals surface area contributed by atoms with Gasteiger partial charge in [0.2, 0.25) is 0 Å². The lowest BCUT2D eigenvalue weighted by Crippen LogP contribution is -2.03. The summed E-state index contributed by atoms with van der Waals surface area (Å²) >= 11 is 0. The van der Waals surface area contributed by atoms with E-state index in [9.17, 15) is 0 Å². The van der Waals surface area contributed by atoms with E-state index in [1.54, 1.807) is 0 Å². The van der Waals surface area contributed by atoms with Crippen LogP contribution in [0.4, 0.5) is 0 Å². The quantitative estimate of drug-likeness (QED) is 0.153. The van der Waals surface area contributed by atoms with Gasteiger partial charge in [0.15, 0.2) is 5.82 Å². The van der Waals surface area contributed by atoms with Gasteiger partial charge in [-0.1, -0.05) is 193 Å². The van der Waals surface area contributed by atoms with E-state index in [4.69, 9.17) is 9.97 Å². The maximum Gasteiger partial charge on any atom is 0.160 e. The van der Waals surface area contributed by atoms with Crippen molar-refractivity contribution in [2.45, 2.75) is 13.8 Å². The third-order valence-corrected chi connectivity index (χ3v) is 12.1. The van der Waals surface area contributed by atoms with Crippen molar-refractivity contribution in [3.05, 3.63) is 236 Å². The van der Waals surface area contributed by atoms with Crippen molar-refractivity contribution < 1.29 is 0 Å². The fourth-order valence-corrected chi connectivity index (χ4v) is 8.97. The lowest BCUT2D eigenvalue weighted by atomic mass is 9.91. The SMILES string of the molecule is Cc1ccc2c(c1)c1cc(C)ccc1n2-c1c(-c2ccccc2)cc(-c2cc(-c3ccc(-c4ccccc4)cc3)nc(-c3ccc(-c4ccccc4)cc3)n2)cc1-c1ccccc1. The predicted octanol–water partition coefficient (Wildman–Crippen LogP) is 15.9. The van der Waals surface area contributed by atoms with E-state index in [-0.39, 0.29) is 0 Å². The van der Waals surface area contributed by atoms with Crippen molar-refractivity contribution in [2.24, 2.45) is 0 Å². The first-order valence-electron chi connectivity index (χ1n) is 21.6. The Morgan fingerprint density at radius 3 is 1.11 bits per heavy atom. The topological polar surface area (TPSA) is 30.7 Å². The Bertz CT molecular complexity index is 3190. The summed E-state index contributed by atoms with van der Waals surface area (Å²) in [5.74, 6) is 0.675. The summed E-state index contributed by atoms with van der Waals surface area (Å²) in [5.41, 5.74) is 19.8. The molecule has 0 amide bonds. The van der Waals surface area contributed by atoms with E-state index in [1.807, 2.05) is 0 Å². The van der Waals surface area contributed by atoms with Gasteiger partial charge in [0.25, 0.3) is 0 Å². The van der Waals surface area contributed by atoms with E-state index in [0.29, 0.717) is 5.82 Å². The minimum Gasteiger partial charge on any atom is -0.308 e. The van der Waals surface area contributed by atoms with Crippen LogP contribution < -0.4 is 0 Å². The van der Waals surface area contributed by atoms with Gasteiger partial charge in [-0.25, -0.2) is 9.97 Å². The fraction of sp³-hybridized carbons (Fsp3) is 0.0333. The molecule has 0 radical (unpaired) electrons. The van der Waals surface area contributed by atoms with Crippen LogP contribution in [0, 0.1) is 13.8 Å². The average molecular weight is 806 g/mol. The van der Waals surface area contributed by atoms with Crippen LogP contribution in [-0.2, 0) is 0 Å². The molecule has 298 valence electrons. The number of hydrogen-bond acceptors (Lipinski definition) is 2. The highest BCUT2D eigenvalue weighted by Gasteiger charge is 2.23. The van der Waals surface area contributed by atoms with Crippen LogP contribution in [0.15, 0.2) is 224 Å². The van der Waals surface area contributed by atoms with Crippen molar-refractivity contribution >= 4 is 21.8 Å². The molecule has 0 atom stereocenters. The molecule has 0 unspecified atom stereocenters. The Hall–Kier alpha value is -8.14. The highest BCUT2D eigenvalue weighted by Crippen LogP contribution is 2.44. The molecule has 3 nitrogen and oxygen atoms in total. The second-order valence-electron chi connectivity index (χ2n) is 16.4. The van der Waals surface area contributed by atoms with Crippen LogP contribution in [0.5, 0.6) is 0 Å². The molecule has 0 aliphatic heterocycles. The average Bonchev–Trinajstić information content (AvgIpc) is 3.66. The van der Waals surface area contributed by atoms with Gasteiger partial charge in [0, 0.05) is 38.6 Å². The van der Waals surface area contributed by atoms with Gasteiger partial charge in [-0.05, 0) is 89.7 Å². The number of benzene rings is 9. The molecule has 0 N–H and O–H groups in total. The van der Waals surface area contributed by atoms with Crippen LogP contribution in [-0.4, -0.2) is 14.5 Å². The molecule has 63 heavy (non-hydrogen) atoms. The molecule has 2 aromatic heterocycles. The Morgan fingerprint density at radius 2 is 0.667 bits per heavy atom. The summed E-state index contributed by atoms with van der Waals surface area (Å²) in [6.45, 7) is 4.36. The molecule has 3 heteroatoms. The zero-order chi connectivity index (χ0) is 42.3. The smallest absolute Gasteiger partial charge is 0.160 e. The van der Waals surface area contributed by atoms with Crippen molar-refractivity contribution in [1.29, 1.82) is 0 Å². The first-order chi connectivity index (χ1) is 31.0. The molecule has 11 rings (SSSR count). The van der Waals surface area contributed by atoms with Gasteiger partial charge in [-0.3, -0.25) is 0 Å². The predicted molar refractivity (Wildman–Crippen MR) is 264 cm³/mol. The monoisotopic (exact) mass is 805 g/mol. The number of aryl methyl sites for hydroxylation is 2. The Morgan fingerprint density at radius 1 is 0.302 bits per heavy atom. The van der Waals surface area contributed by atoms with Gasteiger partial charge in [0.05, 0.1) is 28.1 Å². The molecule has 0 saturated carbocycles. The molecule has 9 aromatic carbocycles. The van der Waals surface area contributed by atoms with Crippen molar-refractivity contribution in [2.75, 3.05) is 0 Å². The summed E-state index contributed by atoms with van der Waals surface area (Å²) in [4.78, 5) is 10.7. The molecule has 0 saturated heterocycles. The zero-order valence-electron chi connectivity index (χ0n) is 35.2. The van der Waals surface area contributed by atoms with Crippen LogP contribution in [0.1, 0.15) is 11.1 Å².